The standard InChI is InChI=1S/C10H9Br3O3/c1-10(2)15-8-6(12)4(3-14)5(11)7(13)9(8)16-10/h14H,3H2,1-2H3. The normalized spacial score (nSPS) is 16.6. The van der Waals surface area contributed by atoms with Crippen LogP contribution < -0.4 is 9.47 Å². The summed E-state index contributed by atoms with van der Waals surface area (Å²) in [5.41, 5.74) is 0.729. The Hall–Kier alpha value is 0.220. The van der Waals surface area contributed by atoms with Crippen LogP contribution in [0.4, 0.5) is 0 Å². The van der Waals surface area contributed by atoms with Crippen molar-refractivity contribution in [1.29, 1.82) is 0 Å². The Labute approximate surface area is 119 Å². The molecule has 0 aliphatic carbocycles. The fourth-order valence-electron chi connectivity index (χ4n) is 1.50. The maximum Gasteiger partial charge on any atom is 0.246 e. The third kappa shape index (κ3) is 1.89. The fourth-order valence-corrected chi connectivity index (χ4v) is 3.35. The minimum Gasteiger partial charge on any atom is -0.448 e. The number of hydrogen-bond acceptors (Lipinski definition) is 3. The van der Waals surface area contributed by atoms with Crippen molar-refractivity contribution in [2.45, 2.75) is 26.2 Å². The van der Waals surface area contributed by atoms with E-state index in [1.165, 1.54) is 0 Å². The van der Waals surface area contributed by atoms with E-state index in [4.69, 9.17) is 9.47 Å². The van der Waals surface area contributed by atoms with Crippen LogP contribution in [0.1, 0.15) is 19.4 Å². The highest BCUT2D eigenvalue weighted by Crippen LogP contribution is 2.53. The average molecular weight is 417 g/mol. The van der Waals surface area contributed by atoms with Crippen molar-refractivity contribution in [3.63, 3.8) is 0 Å². The van der Waals surface area contributed by atoms with E-state index >= 15 is 0 Å². The Morgan fingerprint density at radius 1 is 1.00 bits per heavy atom. The summed E-state index contributed by atoms with van der Waals surface area (Å²) in [7, 11) is 0. The Morgan fingerprint density at radius 2 is 1.50 bits per heavy atom. The molecule has 0 saturated heterocycles. The molecule has 0 atom stereocenters. The van der Waals surface area contributed by atoms with Gasteiger partial charge in [-0.3, -0.25) is 0 Å². The lowest BCUT2D eigenvalue weighted by Crippen LogP contribution is -2.29. The van der Waals surface area contributed by atoms with E-state index in [0.29, 0.717) is 16.0 Å². The molecule has 2 rings (SSSR count). The number of aliphatic hydroxyl groups excluding tert-OH is 1. The second kappa shape index (κ2) is 4.15. The molecule has 0 unspecified atom stereocenters. The second-order valence-electron chi connectivity index (χ2n) is 3.84. The number of aliphatic hydroxyl groups is 1. The van der Waals surface area contributed by atoms with Crippen LogP contribution in [0.5, 0.6) is 11.5 Å². The minimum atomic E-state index is -0.694. The van der Waals surface area contributed by atoms with Gasteiger partial charge in [-0.1, -0.05) is 0 Å². The molecule has 1 aromatic carbocycles. The molecule has 1 aliphatic heterocycles. The highest BCUT2D eigenvalue weighted by molar-refractivity contribution is 9.13. The summed E-state index contributed by atoms with van der Waals surface area (Å²) < 4.78 is 13.6. The van der Waals surface area contributed by atoms with Crippen LogP contribution in [0.2, 0.25) is 0 Å². The van der Waals surface area contributed by atoms with Gasteiger partial charge in [-0.25, -0.2) is 0 Å². The van der Waals surface area contributed by atoms with Gasteiger partial charge in [-0.05, 0) is 47.8 Å². The summed E-state index contributed by atoms with van der Waals surface area (Å²) >= 11 is 10.2. The molecular weight excluding hydrogens is 408 g/mol. The van der Waals surface area contributed by atoms with Crippen LogP contribution in [0.15, 0.2) is 13.4 Å². The molecule has 0 spiro atoms. The molecule has 1 heterocycles. The van der Waals surface area contributed by atoms with Crippen LogP contribution in [0.25, 0.3) is 0 Å². The minimum absolute atomic E-state index is 0.0865. The van der Waals surface area contributed by atoms with Crippen LogP contribution >= 0.6 is 47.8 Å². The van der Waals surface area contributed by atoms with Gasteiger partial charge >= 0.3 is 0 Å². The van der Waals surface area contributed by atoms with Crippen molar-refractivity contribution in [2.75, 3.05) is 0 Å². The zero-order chi connectivity index (χ0) is 12.1. The molecule has 0 fully saturated rings. The van der Waals surface area contributed by atoms with Gasteiger partial charge in [0.25, 0.3) is 0 Å². The number of benzene rings is 1. The molecule has 3 nitrogen and oxygen atoms in total. The van der Waals surface area contributed by atoms with E-state index in [1.54, 1.807) is 0 Å². The molecule has 0 aromatic heterocycles. The van der Waals surface area contributed by atoms with Crippen molar-refractivity contribution in [1.82, 2.24) is 0 Å². The lowest BCUT2D eigenvalue weighted by Gasteiger charge is -2.16. The molecule has 1 aromatic rings. The number of hydrogen-bond donors (Lipinski definition) is 1. The van der Waals surface area contributed by atoms with Gasteiger partial charge in [0.2, 0.25) is 5.79 Å². The van der Waals surface area contributed by atoms with Gasteiger partial charge < -0.3 is 14.6 Å². The van der Waals surface area contributed by atoms with E-state index in [0.717, 1.165) is 14.5 Å². The summed E-state index contributed by atoms with van der Waals surface area (Å²) in [4.78, 5) is 0. The Kier molecular flexibility index (Phi) is 3.29. The number of rotatable bonds is 1. The first-order chi connectivity index (χ1) is 7.37. The highest BCUT2D eigenvalue weighted by Gasteiger charge is 2.37. The maximum absolute atomic E-state index is 9.31. The predicted octanol–water partition coefficient (Wildman–Crippen LogP) is 3.97. The molecule has 16 heavy (non-hydrogen) atoms. The van der Waals surface area contributed by atoms with Gasteiger partial charge in [0, 0.05) is 23.9 Å². The molecular formula is C10H9Br3O3. The topological polar surface area (TPSA) is 38.7 Å². The zero-order valence-electron chi connectivity index (χ0n) is 8.60. The second-order valence-corrected chi connectivity index (χ2v) is 6.22. The van der Waals surface area contributed by atoms with E-state index in [-0.39, 0.29) is 6.61 Å². The SMILES string of the molecule is CC1(C)Oc2c(Br)c(Br)c(CO)c(Br)c2O1. The fraction of sp³-hybridized carbons (Fsp3) is 0.400. The summed E-state index contributed by atoms with van der Waals surface area (Å²) in [6.45, 7) is 3.58. The van der Waals surface area contributed by atoms with Crippen molar-refractivity contribution < 1.29 is 14.6 Å². The van der Waals surface area contributed by atoms with Crippen molar-refractivity contribution >= 4 is 47.8 Å². The van der Waals surface area contributed by atoms with E-state index in [9.17, 15) is 5.11 Å². The molecule has 0 radical (unpaired) electrons. The lowest BCUT2D eigenvalue weighted by molar-refractivity contribution is -0.0437. The van der Waals surface area contributed by atoms with E-state index in [1.807, 2.05) is 13.8 Å². The maximum atomic E-state index is 9.31. The largest absolute Gasteiger partial charge is 0.448 e. The summed E-state index contributed by atoms with van der Waals surface area (Å²) in [6.07, 6.45) is 0. The van der Waals surface area contributed by atoms with Gasteiger partial charge in [0.05, 0.1) is 15.6 Å². The molecule has 6 heteroatoms. The van der Waals surface area contributed by atoms with Gasteiger partial charge in [-0.2, -0.15) is 0 Å². The monoisotopic (exact) mass is 414 g/mol. The molecule has 88 valence electrons. The number of ether oxygens (including phenoxy) is 2. The number of fused-ring (bicyclic) bond motifs is 1. The van der Waals surface area contributed by atoms with Crippen LogP contribution in [0.3, 0.4) is 0 Å². The van der Waals surface area contributed by atoms with Crippen LogP contribution in [0, 0.1) is 0 Å². The van der Waals surface area contributed by atoms with Gasteiger partial charge in [0.15, 0.2) is 11.5 Å². The van der Waals surface area contributed by atoms with Crippen molar-refractivity contribution in [3.05, 3.63) is 19.0 Å². The molecule has 0 saturated carbocycles. The van der Waals surface area contributed by atoms with Gasteiger partial charge in [0.1, 0.15) is 0 Å². The van der Waals surface area contributed by atoms with Crippen LogP contribution in [-0.2, 0) is 6.61 Å². The van der Waals surface area contributed by atoms with E-state index < -0.39 is 5.79 Å². The summed E-state index contributed by atoms with van der Waals surface area (Å²) in [6, 6.07) is 0. The third-order valence-corrected chi connectivity index (χ3v) is 5.18. The summed E-state index contributed by atoms with van der Waals surface area (Å²) in [5, 5.41) is 9.31. The molecule has 0 amide bonds. The number of halogens is 3. The summed E-state index contributed by atoms with van der Waals surface area (Å²) in [5.74, 6) is 0.561. The zero-order valence-corrected chi connectivity index (χ0v) is 13.4. The Morgan fingerprint density at radius 3 is 2.00 bits per heavy atom. The smallest absolute Gasteiger partial charge is 0.246 e. The lowest BCUT2D eigenvalue weighted by atomic mass is 10.2. The molecule has 1 N–H and O–H groups in total. The Balaban J connectivity index is 2.68. The first-order valence-electron chi connectivity index (χ1n) is 4.55. The van der Waals surface area contributed by atoms with Gasteiger partial charge in [-0.15, -0.1) is 0 Å². The average Bonchev–Trinajstić information content (AvgIpc) is 2.52. The highest BCUT2D eigenvalue weighted by atomic mass is 79.9. The van der Waals surface area contributed by atoms with Crippen molar-refractivity contribution in [2.24, 2.45) is 0 Å². The predicted molar refractivity (Wildman–Crippen MR) is 70.8 cm³/mol. The Bertz CT molecular complexity index is 457. The van der Waals surface area contributed by atoms with Crippen LogP contribution in [-0.4, -0.2) is 10.9 Å². The third-order valence-electron chi connectivity index (χ3n) is 2.18. The van der Waals surface area contributed by atoms with E-state index in [2.05, 4.69) is 47.8 Å². The first kappa shape index (κ1) is 12.7. The first-order valence-corrected chi connectivity index (χ1v) is 6.93. The molecule has 1 aliphatic rings. The quantitative estimate of drug-likeness (QED) is 0.704. The molecule has 0 bridgehead atoms. The van der Waals surface area contributed by atoms with Crippen molar-refractivity contribution in [3.8, 4) is 11.5 Å².